The Morgan fingerprint density at radius 1 is 1.44 bits per heavy atom. The highest BCUT2D eigenvalue weighted by Gasteiger charge is 2.23. The van der Waals surface area contributed by atoms with E-state index >= 15 is 0 Å². The van der Waals surface area contributed by atoms with Crippen molar-refractivity contribution < 1.29 is 9.53 Å². The van der Waals surface area contributed by atoms with Crippen molar-refractivity contribution in [2.75, 3.05) is 18.9 Å². The minimum absolute atomic E-state index is 0.00981. The fourth-order valence-corrected chi connectivity index (χ4v) is 3.69. The van der Waals surface area contributed by atoms with Crippen LogP contribution in [0.15, 0.2) is 11.2 Å². The van der Waals surface area contributed by atoms with Gasteiger partial charge in [-0.15, -0.1) is 10.2 Å². The molecule has 0 spiro atoms. The van der Waals surface area contributed by atoms with Crippen molar-refractivity contribution in [3.05, 3.63) is 11.8 Å². The van der Waals surface area contributed by atoms with E-state index in [9.17, 15) is 4.79 Å². The Morgan fingerprint density at radius 3 is 2.89 bits per heavy atom. The first-order valence-corrected chi connectivity index (χ1v) is 10.4. The van der Waals surface area contributed by atoms with Crippen LogP contribution in [0.5, 0.6) is 0 Å². The molecular weight excluding hydrogens is 364 g/mol. The van der Waals surface area contributed by atoms with Gasteiger partial charge in [0.05, 0.1) is 18.4 Å². The lowest BCUT2D eigenvalue weighted by atomic mass is 10.2. The lowest BCUT2D eigenvalue weighted by Crippen LogP contribution is -2.29. The molecule has 1 atom stereocenters. The second kappa shape index (κ2) is 8.88. The minimum Gasteiger partial charge on any atom is -0.376 e. The number of amides is 1. The van der Waals surface area contributed by atoms with Crippen LogP contribution < -0.4 is 5.32 Å². The van der Waals surface area contributed by atoms with E-state index in [0.29, 0.717) is 24.8 Å². The average Bonchev–Trinajstić information content (AvgIpc) is 3.34. The van der Waals surface area contributed by atoms with E-state index in [1.807, 2.05) is 29.3 Å². The van der Waals surface area contributed by atoms with Crippen LogP contribution >= 0.6 is 11.8 Å². The maximum atomic E-state index is 12.1. The smallest absolute Gasteiger partial charge is 0.230 e. The summed E-state index contributed by atoms with van der Waals surface area (Å²) in [6.45, 7) is 8.31. The molecule has 1 N–H and O–H groups in total. The molecule has 1 amide bonds. The van der Waals surface area contributed by atoms with Crippen LogP contribution in [0.3, 0.4) is 0 Å². The number of aromatic nitrogens is 5. The van der Waals surface area contributed by atoms with Gasteiger partial charge in [0, 0.05) is 25.9 Å². The zero-order chi connectivity index (χ0) is 19.4. The molecule has 148 valence electrons. The van der Waals surface area contributed by atoms with Gasteiger partial charge < -0.3 is 10.1 Å². The number of aryl methyl sites for hydroxylation is 2. The Morgan fingerprint density at radius 2 is 2.26 bits per heavy atom. The lowest BCUT2D eigenvalue weighted by molar-refractivity contribution is -0.118. The van der Waals surface area contributed by atoms with Crippen molar-refractivity contribution >= 4 is 17.7 Å². The van der Waals surface area contributed by atoms with Crippen molar-refractivity contribution in [3.63, 3.8) is 0 Å². The summed E-state index contributed by atoms with van der Waals surface area (Å²) in [6.07, 6.45) is 2.25. The summed E-state index contributed by atoms with van der Waals surface area (Å²) >= 11 is 1.40. The molecule has 3 rings (SSSR count). The van der Waals surface area contributed by atoms with Gasteiger partial charge in [0.25, 0.3) is 0 Å². The van der Waals surface area contributed by atoms with Crippen molar-refractivity contribution in [1.29, 1.82) is 0 Å². The summed E-state index contributed by atoms with van der Waals surface area (Å²) < 4.78 is 9.67. The third-order valence-electron chi connectivity index (χ3n) is 4.51. The zero-order valence-electron chi connectivity index (χ0n) is 16.4. The monoisotopic (exact) mass is 392 g/mol. The van der Waals surface area contributed by atoms with Crippen molar-refractivity contribution in [2.45, 2.75) is 51.4 Å². The van der Waals surface area contributed by atoms with Crippen LogP contribution in [0.25, 0.3) is 11.5 Å². The Kier molecular flexibility index (Phi) is 6.54. The number of thioether (sulfide) groups is 1. The molecule has 0 radical (unpaired) electrons. The highest BCUT2D eigenvalue weighted by Crippen LogP contribution is 2.26. The summed E-state index contributed by atoms with van der Waals surface area (Å²) in [6, 6.07) is 2.00. The predicted molar refractivity (Wildman–Crippen MR) is 105 cm³/mol. The molecule has 0 aliphatic carbocycles. The van der Waals surface area contributed by atoms with Gasteiger partial charge in [-0.3, -0.25) is 14.0 Å². The van der Waals surface area contributed by atoms with Crippen LogP contribution in [-0.2, 0) is 23.1 Å². The minimum atomic E-state index is 0.00981. The summed E-state index contributed by atoms with van der Waals surface area (Å²) in [7, 11) is 1.91. The third-order valence-corrected chi connectivity index (χ3v) is 5.48. The van der Waals surface area contributed by atoms with Gasteiger partial charge in [0.1, 0.15) is 5.69 Å². The highest BCUT2D eigenvalue weighted by atomic mass is 32.2. The van der Waals surface area contributed by atoms with Crippen LogP contribution in [0.4, 0.5) is 0 Å². The van der Waals surface area contributed by atoms with Crippen molar-refractivity contribution in [3.8, 4) is 11.5 Å². The fourth-order valence-electron chi connectivity index (χ4n) is 2.91. The van der Waals surface area contributed by atoms with E-state index in [1.165, 1.54) is 11.8 Å². The van der Waals surface area contributed by atoms with E-state index in [1.54, 1.807) is 0 Å². The van der Waals surface area contributed by atoms with E-state index in [0.717, 1.165) is 41.8 Å². The maximum absolute atomic E-state index is 12.1. The summed E-state index contributed by atoms with van der Waals surface area (Å²) in [5.74, 6) is 1.48. The molecular formula is C18H28N6O2S. The van der Waals surface area contributed by atoms with Gasteiger partial charge in [-0.05, 0) is 31.7 Å². The zero-order valence-corrected chi connectivity index (χ0v) is 17.3. The normalized spacial score (nSPS) is 17.0. The first-order valence-electron chi connectivity index (χ1n) is 9.39. The number of ether oxygens (including phenoxy) is 1. The molecule has 3 heterocycles. The number of rotatable bonds is 8. The number of carbonyl (C=O) groups is 1. The molecule has 1 aliphatic heterocycles. The number of nitrogens with zero attached hydrogens (tertiary/aromatic N) is 5. The highest BCUT2D eigenvalue weighted by molar-refractivity contribution is 7.99. The van der Waals surface area contributed by atoms with E-state index < -0.39 is 0 Å². The Labute approximate surface area is 164 Å². The van der Waals surface area contributed by atoms with Crippen molar-refractivity contribution in [2.24, 2.45) is 13.0 Å². The molecule has 1 fully saturated rings. The molecule has 27 heavy (non-hydrogen) atoms. The average molecular weight is 393 g/mol. The fraction of sp³-hybridized carbons (Fsp3) is 0.667. The SMILES string of the molecule is Cc1cc(-c2nnc(SCC(=O)NCC(C)C)n2CC2CCCO2)nn1C. The number of nitrogens with one attached hydrogen (secondary N) is 1. The van der Waals surface area contributed by atoms with Crippen LogP contribution in [-0.4, -0.2) is 55.5 Å². The summed E-state index contributed by atoms with van der Waals surface area (Å²) in [4.78, 5) is 12.1. The Bertz CT molecular complexity index is 759. The summed E-state index contributed by atoms with van der Waals surface area (Å²) in [5.41, 5.74) is 1.84. The van der Waals surface area contributed by atoms with Gasteiger partial charge in [-0.1, -0.05) is 25.6 Å². The van der Waals surface area contributed by atoms with Gasteiger partial charge in [0.2, 0.25) is 5.91 Å². The largest absolute Gasteiger partial charge is 0.376 e. The van der Waals surface area contributed by atoms with Gasteiger partial charge in [-0.2, -0.15) is 5.10 Å². The first-order chi connectivity index (χ1) is 12.9. The Hall–Kier alpha value is -1.87. The number of carbonyl (C=O) groups excluding carboxylic acids is 1. The van der Waals surface area contributed by atoms with Crippen LogP contribution in [0, 0.1) is 12.8 Å². The number of hydrogen-bond acceptors (Lipinski definition) is 6. The predicted octanol–water partition coefficient (Wildman–Crippen LogP) is 2.03. The van der Waals surface area contributed by atoms with Gasteiger partial charge >= 0.3 is 0 Å². The van der Waals surface area contributed by atoms with Gasteiger partial charge in [0.15, 0.2) is 11.0 Å². The van der Waals surface area contributed by atoms with E-state index in [2.05, 4.69) is 34.5 Å². The standard InChI is InChI=1S/C18H28N6O2S/c1-12(2)9-19-16(25)11-27-18-21-20-17(15-8-13(3)23(4)22-15)24(18)10-14-6-5-7-26-14/h8,12,14H,5-7,9-11H2,1-4H3,(H,19,25). The topological polar surface area (TPSA) is 86.9 Å². The molecule has 8 nitrogen and oxygen atoms in total. The molecule has 2 aromatic heterocycles. The second-order valence-electron chi connectivity index (χ2n) is 7.33. The molecule has 1 saturated heterocycles. The molecule has 1 aliphatic rings. The first kappa shape index (κ1) is 19.9. The van der Waals surface area contributed by atoms with Crippen molar-refractivity contribution in [1.82, 2.24) is 29.9 Å². The van der Waals surface area contributed by atoms with Gasteiger partial charge in [-0.25, -0.2) is 0 Å². The van der Waals surface area contributed by atoms with Crippen LogP contribution in [0.1, 0.15) is 32.4 Å². The van der Waals surface area contributed by atoms with E-state index in [4.69, 9.17) is 4.74 Å². The van der Waals surface area contributed by atoms with E-state index in [-0.39, 0.29) is 12.0 Å². The van der Waals surface area contributed by atoms with Crippen LogP contribution in [0.2, 0.25) is 0 Å². The lowest BCUT2D eigenvalue weighted by Gasteiger charge is -2.14. The Balaban J connectivity index is 1.77. The molecule has 9 heteroatoms. The second-order valence-corrected chi connectivity index (χ2v) is 8.28. The quantitative estimate of drug-likeness (QED) is 0.692. The maximum Gasteiger partial charge on any atom is 0.230 e. The number of hydrogen-bond donors (Lipinski definition) is 1. The molecule has 0 saturated carbocycles. The molecule has 0 aromatic carbocycles. The molecule has 2 aromatic rings. The third kappa shape index (κ3) is 5.10. The molecule has 1 unspecified atom stereocenters. The summed E-state index contributed by atoms with van der Waals surface area (Å²) in [5, 5.41) is 16.9. The molecule has 0 bridgehead atoms.